The fraction of sp³-hybridized carbons (Fsp3) is 0.333. The maximum absolute atomic E-state index is 11.2. The highest BCUT2D eigenvalue weighted by Gasteiger charge is 2.07. The van der Waals surface area contributed by atoms with Gasteiger partial charge in [0.2, 0.25) is 0 Å². The smallest absolute Gasteiger partial charge is 0.338 e. The summed E-state index contributed by atoms with van der Waals surface area (Å²) < 4.78 is 4.84. The van der Waals surface area contributed by atoms with Crippen molar-refractivity contribution in [1.29, 1.82) is 0 Å². The second kappa shape index (κ2) is 3.85. The van der Waals surface area contributed by atoms with Gasteiger partial charge in [-0.3, -0.25) is 4.98 Å². The molecule has 64 valence electrons. The van der Waals surface area contributed by atoms with Crippen LogP contribution in [0.1, 0.15) is 22.8 Å². The highest BCUT2D eigenvalue weighted by Crippen LogP contribution is 2.06. The molecule has 0 saturated heterocycles. The topological polar surface area (TPSA) is 39.2 Å². The van der Waals surface area contributed by atoms with Crippen molar-refractivity contribution in [2.24, 2.45) is 0 Å². The number of carbonyl (C=O) groups excluding carboxylic acids is 1. The largest absolute Gasteiger partial charge is 0.462 e. The van der Waals surface area contributed by atoms with Crippen LogP contribution in [-0.4, -0.2) is 17.6 Å². The molecule has 0 bridgehead atoms. The fourth-order valence-electron chi connectivity index (χ4n) is 0.911. The van der Waals surface area contributed by atoms with Gasteiger partial charge < -0.3 is 4.74 Å². The molecule has 0 aliphatic heterocycles. The summed E-state index contributed by atoms with van der Waals surface area (Å²) in [6, 6.07) is 1.66. The van der Waals surface area contributed by atoms with Gasteiger partial charge >= 0.3 is 5.97 Å². The summed E-state index contributed by atoms with van der Waals surface area (Å²) in [5.41, 5.74) is 1.43. The van der Waals surface area contributed by atoms with Crippen molar-refractivity contribution in [3.8, 4) is 0 Å². The molecule has 0 unspecified atom stereocenters. The molecule has 1 heterocycles. The van der Waals surface area contributed by atoms with Gasteiger partial charge in [-0.05, 0) is 25.5 Å². The van der Waals surface area contributed by atoms with Gasteiger partial charge in [-0.25, -0.2) is 4.79 Å². The molecule has 1 aromatic rings. The van der Waals surface area contributed by atoms with Crippen molar-refractivity contribution in [2.45, 2.75) is 13.8 Å². The Kier molecular flexibility index (Phi) is 2.80. The summed E-state index contributed by atoms with van der Waals surface area (Å²) >= 11 is 0. The maximum Gasteiger partial charge on any atom is 0.338 e. The monoisotopic (exact) mass is 165 g/mol. The number of ether oxygens (including phenoxy) is 1. The highest BCUT2D eigenvalue weighted by molar-refractivity contribution is 5.90. The van der Waals surface area contributed by atoms with E-state index in [0.29, 0.717) is 12.2 Å². The molecule has 1 aromatic heterocycles. The number of aryl methyl sites for hydroxylation is 1. The van der Waals surface area contributed by atoms with Crippen LogP contribution in [0.15, 0.2) is 18.5 Å². The van der Waals surface area contributed by atoms with Gasteiger partial charge in [0.15, 0.2) is 0 Å². The zero-order valence-corrected chi connectivity index (χ0v) is 7.20. The molecular weight excluding hydrogens is 154 g/mol. The summed E-state index contributed by atoms with van der Waals surface area (Å²) in [6.45, 7) is 4.02. The van der Waals surface area contributed by atoms with E-state index in [0.717, 1.165) is 5.56 Å². The molecule has 0 spiro atoms. The van der Waals surface area contributed by atoms with Crippen LogP contribution in [0.4, 0.5) is 0 Å². The van der Waals surface area contributed by atoms with Crippen LogP contribution < -0.4 is 0 Å². The molecule has 1 rings (SSSR count). The van der Waals surface area contributed by atoms with Crippen LogP contribution >= 0.6 is 0 Å². The van der Waals surface area contributed by atoms with Gasteiger partial charge in [0.25, 0.3) is 0 Å². The summed E-state index contributed by atoms with van der Waals surface area (Å²) in [5, 5.41) is 0. The van der Waals surface area contributed by atoms with Gasteiger partial charge in [-0.15, -0.1) is 0 Å². The number of esters is 1. The van der Waals surface area contributed by atoms with Crippen LogP contribution in [-0.2, 0) is 4.74 Å². The minimum absolute atomic E-state index is 0.280. The summed E-state index contributed by atoms with van der Waals surface area (Å²) in [4.78, 5) is 15.1. The first kappa shape index (κ1) is 8.71. The molecule has 0 aliphatic carbocycles. The molecule has 3 heteroatoms. The average molecular weight is 165 g/mol. The lowest BCUT2D eigenvalue weighted by atomic mass is 10.2. The van der Waals surface area contributed by atoms with E-state index in [9.17, 15) is 4.79 Å². The number of hydrogen-bond acceptors (Lipinski definition) is 3. The third-order valence-electron chi connectivity index (χ3n) is 1.52. The Morgan fingerprint density at radius 1 is 1.67 bits per heavy atom. The van der Waals surface area contributed by atoms with Gasteiger partial charge in [-0.1, -0.05) is 0 Å². The second-order valence-electron chi connectivity index (χ2n) is 2.41. The summed E-state index contributed by atoms with van der Waals surface area (Å²) in [5.74, 6) is -0.280. The van der Waals surface area contributed by atoms with E-state index >= 15 is 0 Å². The van der Waals surface area contributed by atoms with Crippen molar-refractivity contribution in [3.63, 3.8) is 0 Å². The van der Waals surface area contributed by atoms with Crippen LogP contribution in [0.5, 0.6) is 0 Å². The van der Waals surface area contributed by atoms with Crippen LogP contribution in [0.2, 0.25) is 0 Å². The second-order valence-corrected chi connectivity index (χ2v) is 2.41. The quantitative estimate of drug-likeness (QED) is 0.624. The van der Waals surface area contributed by atoms with E-state index in [4.69, 9.17) is 4.74 Å². The fourth-order valence-corrected chi connectivity index (χ4v) is 0.911. The number of carbonyl (C=O) groups is 1. The van der Waals surface area contributed by atoms with Crippen LogP contribution in [0.25, 0.3) is 0 Å². The zero-order valence-electron chi connectivity index (χ0n) is 7.20. The van der Waals surface area contributed by atoms with Gasteiger partial charge in [0, 0.05) is 12.4 Å². The van der Waals surface area contributed by atoms with Gasteiger partial charge in [-0.2, -0.15) is 0 Å². The Balaban J connectivity index is 2.87. The molecule has 0 atom stereocenters. The maximum atomic E-state index is 11.2. The van der Waals surface area contributed by atoms with E-state index < -0.39 is 0 Å². The first-order valence-electron chi connectivity index (χ1n) is 3.83. The van der Waals surface area contributed by atoms with E-state index in [-0.39, 0.29) is 5.97 Å². The SMILES string of the molecule is CCOC(=O)c1ccncc1C. The highest BCUT2D eigenvalue weighted by atomic mass is 16.5. The number of rotatable bonds is 2. The molecule has 0 aliphatic rings. The normalized spacial score (nSPS) is 9.50. The minimum Gasteiger partial charge on any atom is -0.462 e. The predicted molar refractivity (Wildman–Crippen MR) is 44.9 cm³/mol. The Labute approximate surface area is 71.4 Å². The van der Waals surface area contributed by atoms with Crippen LogP contribution in [0.3, 0.4) is 0 Å². The number of nitrogens with zero attached hydrogens (tertiary/aromatic N) is 1. The zero-order chi connectivity index (χ0) is 8.97. The van der Waals surface area contributed by atoms with Crippen molar-refractivity contribution in [2.75, 3.05) is 6.61 Å². The van der Waals surface area contributed by atoms with Crippen molar-refractivity contribution in [3.05, 3.63) is 29.6 Å². The molecule has 0 N–H and O–H groups in total. The van der Waals surface area contributed by atoms with Crippen molar-refractivity contribution < 1.29 is 9.53 Å². The molecule has 0 radical (unpaired) electrons. The van der Waals surface area contributed by atoms with E-state index in [1.807, 2.05) is 6.92 Å². The summed E-state index contributed by atoms with van der Waals surface area (Å²) in [7, 11) is 0. The lowest BCUT2D eigenvalue weighted by Crippen LogP contribution is -2.06. The van der Waals surface area contributed by atoms with Gasteiger partial charge in [0.1, 0.15) is 0 Å². The Hall–Kier alpha value is -1.38. The first-order valence-corrected chi connectivity index (χ1v) is 3.83. The number of pyridine rings is 1. The Bertz CT molecular complexity index is 284. The molecular formula is C9H11NO2. The molecule has 0 aromatic carbocycles. The summed E-state index contributed by atoms with van der Waals surface area (Å²) in [6.07, 6.45) is 3.23. The molecule has 0 fully saturated rings. The standard InChI is InChI=1S/C9H11NO2/c1-3-12-9(11)8-4-5-10-6-7(8)2/h4-6H,3H2,1-2H3. The Morgan fingerprint density at radius 3 is 3.00 bits per heavy atom. The molecule has 3 nitrogen and oxygen atoms in total. The third-order valence-corrected chi connectivity index (χ3v) is 1.52. The van der Waals surface area contributed by atoms with Gasteiger partial charge in [0.05, 0.1) is 12.2 Å². The lowest BCUT2D eigenvalue weighted by Gasteiger charge is -2.02. The Morgan fingerprint density at radius 2 is 2.42 bits per heavy atom. The van der Waals surface area contributed by atoms with E-state index in [2.05, 4.69) is 4.98 Å². The average Bonchev–Trinajstić information content (AvgIpc) is 2.05. The van der Waals surface area contributed by atoms with Crippen molar-refractivity contribution in [1.82, 2.24) is 4.98 Å². The minimum atomic E-state index is -0.280. The predicted octanol–water partition coefficient (Wildman–Crippen LogP) is 1.57. The number of hydrogen-bond donors (Lipinski definition) is 0. The number of aromatic nitrogens is 1. The molecule has 0 amide bonds. The lowest BCUT2D eigenvalue weighted by molar-refractivity contribution is 0.0525. The van der Waals surface area contributed by atoms with E-state index in [1.165, 1.54) is 0 Å². The van der Waals surface area contributed by atoms with Crippen molar-refractivity contribution >= 4 is 5.97 Å². The van der Waals surface area contributed by atoms with Crippen LogP contribution in [0, 0.1) is 6.92 Å². The first-order chi connectivity index (χ1) is 5.75. The molecule has 12 heavy (non-hydrogen) atoms. The molecule has 0 saturated carbocycles. The third kappa shape index (κ3) is 1.81. The van der Waals surface area contributed by atoms with E-state index in [1.54, 1.807) is 25.4 Å².